The molecule has 1 unspecified atom stereocenters. The molecule has 3 nitrogen and oxygen atoms in total. The zero-order chi connectivity index (χ0) is 12.3. The van der Waals surface area contributed by atoms with E-state index in [1.807, 2.05) is 0 Å². The van der Waals surface area contributed by atoms with Gasteiger partial charge in [-0.3, -0.25) is 4.90 Å². The van der Waals surface area contributed by atoms with E-state index in [0.29, 0.717) is 10.2 Å². The number of aromatic nitrogens is 1. The minimum absolute atomic E-state index is 0.260. The first-order chi connectivity index (χ1) is 8.15. The molecule has 1 saturated heterocycles. The smallest absolute Gasteiger partial charge is 0.129 e. The van der Waals surface area contributed by atoms with E-state index in [4.69, 9.17) is 27.9 Å². The Morgan fingerprint density at radius 2 is 2.29 bits per heavy atom. The van der Waals surface area contributed by atoms with Gasteiger partial charge in [0, 0.05) is 26.2 Å². The minimum Gasteiger partial charge on any atom is -0.377 e. The standard InChI is InChI=1S/C12H16Cl2N2O/c1-9-7-16(5-2-6-17-9)8-11-10(13)3-4-12(14)15-11/h3-4,9H,2,5-8H2,1H3. The molecule has 1 aliphatic heterocycles. The van der Waals surface area contributed by atoms with Crippen LogP contribution in [-0.2, 0) is 11.3 Å². The first-order valence-electron chi connectivity index (χ1n) is 5.80. The second-order valence-electron chi connectivity index (χ2n) is 4.33. The molecule has 0 aromatic carbocycles. The van der Waals surface area contributed by atoms with Gasteiger partial charge in [0.25, 0.3) is 0 Å². The molecule has 1 atom stereocenters. The Hall–Kier alpha value is -0.350. The lowest BCUT2D eigenvalue weighted by Gasteiger charge is -2.21. The third-order valence-electron chi connectivity index (χ3n) is 2.79. The summed E-state index contributed by atoms with van der Waals surface area (Å²) in [5.41, 5.74) is 0.841. The molecular weight excluding hydrogens is 259 g/mol. The van der Waals surface area contributed by atoms with Gasteiger partial charge in [-0.1, -0.05) is 23.2 Å². The summed E-state index contributed by atoms with van der Waals surface area (Å²) in [6.07, 6.45) is 1.30. The summed E-state index contributed by atoms with van der Waals surface area (Å²) in [6.45, 7) is 5.56. The molecule has 2 rings (SSSR count). The first-order valence-corrected chi connectivity index (χ1v) is 6.55. The first kappa shape index (κ1) is 13.1. The van der Waals surface area contributed by atoms with E-state index in [0.717, 1.165) is 38.4 Å². The molecule has 0 aliphatic carbocycles. The van der Waals surface area contributed by atoms with Gasteiger partial charge in [-0.25, -0.2) is 4.98 Å². The van der Waals surface area contributed by atoms with Crippen molar-refractivity contribution in [1.29, 1.82) is 0 Å². The number of halogens is 2. The van der Waals surface area contributed by atoms with Crippen LogP contribution in [0.15, 0.2) is 12.1 Å². The van der Waals surface area contributed by atoms with Crippen LogP contribution in [0.1, 0.15) is 19.0 Å². The highest BCUT2D eigenvalue weighted by Gasteiger charge is 2.16. The van der Waals surface area contributed by atoms with Crippen molar-refractivity contribution in [2.24, 2.45) is 0 Å². The lowest BCUT2D eigenvalue weighted by atomic mass is 10.3. The van der Waals surface area contributed by atoms with Crippen molar-refractivity contribution in [2.75, 3.05) is 19.7 Å². The molecule has 0 spiro atoms. The van der Waals surface area contributed by atoms with Crippen LogP contribution < -0.4 is 0 Å². The van der Waals surface area contributed by atoms with Crippen LogP contribution in [0.3, 0.4) is 0 Å². The number of hydrogen-bond acceptors (Lipinski definition) is 3. The van der Waals surface area contributed by atoms with Gasteiger partial charge < -0.3 is 4.74 Å². The molecule has 0 amide bonds. The lowest BCUT2D eigenvalue weighted by molar-refractivity contribution is 0.0666. The highest BCUT2D eigenvalue weighted by atomic mass is 35.5. The van der Waals surface area contributed by atoms with Crippen LogP contribution in [0.25, 0.3) is 0 Å². The van der Waals surface area contributed by atoms with Gasteiger partial charge in [-0.2, -0.15) is 0 Å². The second kappa shape index (κ2) is 6.01. The monoisotopic (exact) mass is 274 g/mol. The van der Waals surface area contributed by atoms with Crippen LogP contribution >= 0.6 is 23.2 Å². The summed E-state index contributed by atoms with van der Waals surface area (Å²) in [5.74, 6) is 0. The predicted octanol–water partition coefficient (Wildman–Crippen LogP) is 3.00. The van der Waals surface area contributed by atoms with Crippen molar-refractivity contribution in [3.8, 4) is 0 Å². The van der Waals surface area contributed by atoms with Gasteiger partial charge >= 0.3 is 0 Å². The fourth-order valence-electron chi connectivity index (χ4n) is 2.00. The number of hydrogen-bond donors (Lipinski definition) is 0. The van der Waals surface area contributed by atoms with Crippen molar-refractivity contribution in [3.05, 3.63) is 28.0 Å². The third kappa shape index (κ3) is 3.81. The molecule has 5 heteroatoms. The fourth-order valence-corrected chi connectivity index (χ4v) is 2.33. The Kier molecular flexibility index (Phi) is 4.62. The van der Waals surface area contributed by atoms with Gasteiger partial charge in [0.2, 0.25) is 0 Å². The molecule has 1 aliphatic rings. The molecule has 94 valence electrons. The van der Waals surface area contributed by atoms with E-state index in [9.17, 15) is 0 Å². The van der Waals surface area contributed by atoms with E-state index in [1.165, 1.54) is 0 Å². The normalized spacial score (nSPS) is 22.4. The van der Waals surface area contributed by atoms with Crippen molar-refractivity contribution in [3.63, 3.8) is 0 Å². The summed E-state index contributed by atoms with van der Waals surface area (Å²) < 4.78 is 5.60. The highest BCUT2D eigenvalue weighted by molar-refractivity contribution is 6.32. The van der Waals surface area contributed by atoms with Crippen LogP contribution in [0, 0.1) is 0 Å². The van der Waals surface area contributed by atoms with Crippen LogP contribution in [0.4, 0.5) is 0 Å². The van der Waals surface area contributed by atoms with Crippen molar-refractivity contribution < 1.29 is 4.74 Å². The van der Waals surface area contributed by atoms with Gasteiger partial charge in [0.05, 0.1) is 16.8 Å². The minimum atomic E-state index is 0.260. The molecule has 1 fully saturated rings. The largest absolute Gasteiger partial charge is 0.377 e. The van der Waals surface area contributed by atoms with E-state index in [2.05, 4.69) is 16.8 Å². The molecular formula is C12H16Cl2N2O. The molecule has 0 bridgehead atoms. The summed E-state index contributed by atoms with van der Waals surface area (Å²) in [5, 5.41) is 1.16. The highest BCUT2D eigenvalue weighted by Crippen LogP contribution is 2.19. The Morgan fingerprint density at radius 3 is 3.12 bits per heavy atom. The average molecular weight is 275 g/mol. The molecule has 1 aromatic heterocycles. The van der Waals surface area contributed by atoms with E-state index in [1.54, 1.807) is 12.1 Å². The average Bonchev–Trinajstić information content (AvgIpc) is 2.48. The van der Waals surface area contributed by atoms with Gasteiger partial charge in [-0.05, 0) is 25.5 Å². The SMILES string of the molecule is CC1CN(Cc2nc(Cl)ccc2Cl)CCCO1. The molecule has 0 N–H and O–H groups in total. The molecule has 2 heterocycles. The maximum atomic E-state index is 6.11. The zero-order valence-corrected chi connectivity index (χ0v) is 11.3. The second-order valence-corrected chi connectivity index (χ2v) is 5.13. The summed E-state index contributed by atoms with van der Waals surface area (Å²) >= 11 is 12.0. The Bertz CT molecular complexity index is 387. The maximum Gasteiger partial charge on any atom is 0.129 e. The summed E-state index contributed by atoms with van der Waals surface area (Å²) in [6, 6.07) is 3.51. The van der Waals surface area contributed by atoms with Gasteiger partial charge in [-0.15, -0.1) is 0 Å². The number of ether oxygens (including phenoxy) is 1. The third-order valence-corrected chi connectivity index (χ3v) is 3.35. The van der Waals surface area contributed by atoms with Crippen LogP contribution in [-0.4, -0.2) is 35.7 Å². The number of nitrogens with zero attached hydrogens (tertiary/aromatic N) is 2. The molecule has 0 saturated carbocycles. The molecule has 1 aromatic rings. The molecule has 0 radical (unpaired) electrons. The van der Waals surface area contributed by atoms with Crippen LogP contribution in [0.2, 0.25) is 10.2 Å². The van der Waals surface area contributed by atoms with Crippen molar-refractivity contribution in [1.82, 2.24) is 9.88 Å². The van der Waals surface area contributed by atoms with Crippen LogP contribution in [0.5, 0.6) is 0 Å². The Morgan fingerprint density at radius 1 is 1.47 bits per heavy atom. The zero-order valence-electron chi connectivity index (χ0n) is 9.83. The molecule has 17 heavy (non-hydrogen) atoms. The quantitative estimate of drug-likeness (QED) is 0.776. The Balaban J connectivity index is 2.06. The van der Waals surface area contributed by atoms with E-state index < -0.39 is 0 Å². The van der Waals surface area contributed by atoms with E-state index in [-0.39, 0.29) is 6.10 Å². The van der Waals surface area contributed by atoms with Gasteiger partial charge in [0.15, 0.2) is 0 Å². The topological polar surface area (TPSA) is 25.4 Å². The van der Waals surface area contributed by atoms with Gasteiger partial charge in [0.1, 0.15) is 5.15 Å². The summed E-state index contributed by atoms with van der Waals surface area (Å²) in [7, 11) is 0. The Labute approximate surface area is 112 Å². The maximum absolute atomic E-state index is 6.11. The number of pyridine rings is 1. The lowest BCUT2D eigenvalue weighted by Crippen LogP contribution is -2.30. The van der Waals surface area contributed by atoms with Crippen molar-refractivity contribution >= 4 is 23.2 Å². The van der Waals surface area contributed by atoms with Crippen molar-refractivity contribution in [2.45, 2.75) is 26.0 Å². The number of rotatable bonds is 2. The fraction of sp³-hybridized carbons (Fsp3) is 0.583. The predicted molar refractivity (Wildman–Crippen MR) is 69.6 cm³/mol. The van der Waals surface area contributed by atoms with E-state index >= 15 is 0 Å². The summed E-state index contributed by atoms with van der Waals surface area (Å²) in [4.78, 5) is 6.58.